The molecule has 0 aliphatic rings. The van der Waals surface area contributed by atoms with Crippen LogP contribution in [0.5, 0.6) is 5.75 Å². The third-order valence-corrected chi connectivity index (χ3v) is 3.72. The Balaban J connectivity index is 1.63. The number of nitrogens with two attached hydrogens (primary N) is 1. The number of nitrogens with one attached hydrogen (secondary N) is 1. The first-order valence-electron chi connectivity index (χ1n) is 6.88. The van der Waals surface area contributed by atoms with E-state index in [0.717, 1.165) is 28.5 Å². The molecule has 1 amide bonds. The van der Waals surface area contributed by atoms with Gasteiger partial charge in [0.05, 0.1) is 0 Å². The fraction of sp³-hybridized carbons (Fsp3) is 0.0625. The fourth-order valence-corrected chi connectivity index (χ4v) is 2.54. The second-order valence-corrected chi connectivity index (χ2v) is 5.49. The number of carbonyl (C=O) groups is 1. The van der Waals surface area contributed by atoms with Crippen molar-refractivity contribution >= 4 is 28.1 Å². The maximum Gasteiger partial charge on any atom is 0.272 e. The fourth-order valence-electron chi connectivity index (χ4n) is 1.94. The van der Waals surface area contributed by atoms with Crippen LogP contribution in [0, 0.1) is 0 Å². The van der Waals surface area contributed by atoms with Gasteiger partial charge in [0, 0.05) is 17.2 Å². The molecule has 0 radical (unpaired) electrons. The number of anilines is 2. The molecule has 0 bridgehead atoms. The SMILES string of the molecule is NC(=O)c1nnsc1Nc1ccc(OCc2ccccc2)cc1. The van der Waals surface area contributed by atoms with Crippen LogP contribution in [0.15, 0.2) is 54.6 Å². The van der Waals surface area contributed by atoms with E-state index in [9.17, 15) is 4.79 Å². The van der Waals surface area contributed by atoms with Crippen LogP contribution in [0.4, 0.5) is 10.7 Å². The first-order valence-corrected chi connectivity index (χ1v) is 7.65. The maximum atomic E-state index is 11.2. The van der Waals surface area contributed by atoms with E-state index in [1.807, 2.05) is 54.6 Å². The van der Waals surface area contributed by atoms with Crippen LogP contribution in [0.25, 0.3) is 0 Å². The van der Waals surface area contributed by atoms with Gasteiger partial charge in [0.2, 0.25) is 0 Å². The number of benzene rings is 2. The van der Waals surface area contributed by atoms with Crippen LogP contribution in [0.2, 0.25) is 0 Å². The van der Waals surface area contributed by atoms with Crippen molar-refractivity contribution in [1.82, 2.24) is 9.59 Å². The lowest BCUT2D eigenvalue weighted by atomic mass is 10.2. The van der Waals surface area contributed by atoms with Crippen molar-refractivity contribution in [2.24, 2.45) is 5.73 Å². The van der Waals surface area contributed by atoms with E-state index in [4.69, 9.17) is 10.5 Å². The highest BCUT2D eigenvalue weighted by atomic mass is 32.1. The molecule has 1 aromatic heterocycles. The maximum absolute atomic E-state index is 11.2. The Hall–Kier alpha value is -2.93. The summed E-state index contributed by atoms with van der Waals surface area (Å²) < 4.78 is 9.44. The summed E-state index contributed by atoms with van der Waals surface area (Å²) in [6.07, 6.45) is 0. The number of amides is 1. The highest BCUT2D eigenvalue weighted by Crippen LogP contribution is 2.24. The Bertz CT molecular complexity index is 787. The van der Waals surface area contributed by atoms with Crippen LogP contribution >= 0.6 is 11.5 Å². The van der Waals surface area contributed by atoms with Crippen molar-refractivity contribution in [2.45, 2.75) is 6.61 Å². The zero-order valence-electron chi connectivity index (χ0n) is 12.1. The van der Waals surface area contributed by atoms with E-state index in [0.29, 0.717) is 11.6 Å². The highest BCUT2D eigenvalue weighted by molar-refractivity contribution is 7.10. The minimum atomic E-state index is -0.607. The van der Waals surface area contributed by atoms with Crippen molar-refractivity contribution in [3.8, 4) is 5.75 Å². The lowest BCUT2D eigenvalue weighted by molar-refractivity contribution is 0.0996. The summed E-state index contributed by atoms with van der Waals surface area (Å²) in [5.41, 5.74) is 7.28. The van der Waals surface area contributed by atoms with Gasteiger partial charge in [-0.25, -0.2) is 0 Å². The van der Waals surface area contributed by atoms with Crippen LogP contribution in [-0.4, -0.2) is 15.5 Å². The van der Waals surface area contributed by atoms with Gasteiger partial charge >= 0.3 is 0 Å². The van der Waals surface area contributed by atoms with Gasteiger partial charge in [0.15, 0.2) is 5.69 Å². The third kappa shape index (κ3) is 3.83. The zero-order chi connectivity index (χ0) is 16.1. The number of rotatable bonds is 6. The molecule has 0 saturated heterocycles. The quantitative estimate of drug-likeness (QED) is 0.727. The molecular formula is C16H14N4O2S. The molecule has 3 rings (SSSR count). The third-order valence-electron chi connectivity index (χ3n) is 3.08. The number of hydrogen-bond donors (Lipinski definition) is 2. The minimum Gasteiger partial charge on any atom is -0.489 e. The number of ether oxygens (including phenoxy) is 1. The lowest BCUT2D eigenvalue weighted by Crippen LogP contribution is -2.13. The molecule has 6 nitrogen and oxygen atoms in total. The molecule has 116 valence electrons. The van der Waals surface area contributed by atoms with E-state index in [2.05, 4.69) is 14.9 Å². The van der Waals surface area contributed by atoms with Crippen molar-refractivity contribution in [2.75, 3.05) is 5.32 Å². The first-order chi connectivity index (χ1) is 11.2. The minimum absolute atomic E-state index is 0.138. The Morgan fingerprint density at radius 1 is 1.13 bits per heavy atom. The van der Waals surface area contributed by atoms with Gasteiger partial charge < -0.3 is 15.8 Å². The summed E-state index contributed by atoms with van der Waals surface area (Å²) >= 11 is 1.08. The normalized spacial score (nSPS) is 10.3. The van der Waals surface area contributed by atoms with E-state index in [1.54, 1.807) is 0 Å². The van der Waals surface area contributed by atoms with E-state index >= 15 is 0 Å². The van der Waals surface area contributed by atoms with E-state index < -0.39 is 5.91 Å². The average molecular weight is 326 g/mol. The van der Waals surface area contributed by atoms with Crippen molar-refractivity contribution in [3.63, 3.8) is 0 Å². The second-order valence-electron chi connectivity index (χ2n) is 4.74. The van der Waals surface area contributed by atoms with Gasteiger partial charge in [-0.1, -0.05) is 34.8 Å². The summed E-state index contributed by atoms with van der Waals surface area (Å²) in [6, 6.07) is 17.4. The molecule has 0 fully saturated rings. The number of carbonyl (C=O) groups excluding carboxylic acids is 1. The Morgan fingerprint density at radius 2 is 1.87 bits per heavy atom. The molecular weight excluding hydrogens is 312 g/mol. The predicted octanol–water partition coefficient (Wildman–Crippen LogP) is 2.96. The molecule has 2 aromatic carbocycles. The molecule has 0 aliphatic heterocycles. The van der Waals surface area contributed by atoms with Crippen LogP contribution in [-0.2, 0) is 6.61 Å². The average Bonchev–Trinajstić information content (AvgIpc) is 3.04. The van der Waals surface area contributed by atoms with Gasteiger partial charge in [-0.2, -0.15) is 0 Å². The van der Waals surface area contributed by atoms with Gasteiger partial charge in [-0.05, 0) is 29.8 Å². The van der Waals surface area contributed by atoms with Gasteiger partial charge in [-0.3, -0.25) is 4.79 Å². The number of aromatic nitrogens is 2. The molecule has 0 saturated carbocycles. The molecule has 1 heterocycles. The van der Waals surface area contributed by atoms with Gasteiger partial charge in [0.1, 0.15) is 17.4 Å². The van der Waals surface area contributed by atoms with Gasteiger partial charge in [0.25, 0.3) is 5.91 Å². The number of primary amides is 1. The standard InChI is InChI=1S/C16H14N4O2S/c17-15(21)14-16(23-20-19-14)18-12-6-8-13(9-7-12)22-10-11-4-2-1-3-5-11/h1-9,18H,10H2,(H2,17,21). The Labute approximate surface area is 137 Å². The Kier molecular flexibility index (Phi) is 4.49. The Morgan fingerprint density at radius 3 is 2.57 bits per heavy atom. The van der Waals surface area contributed by atoms with Crippen molar-refractivity contribution < 1.29 is 9.53 Å². The molecule has 7 heteroatoms. The molecule has 3 N–H and O–H groups in total. The van der Waals surface area contributed by atoms with Crippen LogP contribution < -0.4 is 15.8 Å². The summed E-state index contributed by atoms with van der Waals surface area (Å²) in [5, 5.41) is 7.29. The van der Waals surface area contributed by atoms with Gasteiger partial charge in [-0.15, -0.1) is 5.10 Å². The van der Waals surface area contributed by atoms with Crippen LogP contribution in [0.1, 0.15) is 16.1 Å². The molecule has 0 unspecified atom stereocenters. The summed E-state index contributed by atoms with van der Waals surface area (Å²) in [5.74, 6) is 0.154. The smallest absolute Gasteiger partial charge is 0.272 e. The second kappa shape index (κ2) is 6.89. The number of nitrogens with zero attached hydrogens (tertiary/aromatic N) is 2. The summed E-state index contributed by atoms with van der Waals surface area (Å²) in [6.45, 7) is 0.512. The first kappa shape index (κ1) is 15.0. The monoisotopic (exact) mass is 326 g/mol. The molecule has 3 aromatic rings. The molecule has 23 heavy (non-hydrogen) atoms. The molecule has 0 spiro atoms. The molecule has 0 aliphatic carbocycles. The van der Waals surface area contributed by atoms with Crippen LogP contribution in [0.3, 0.4) is 0 Å². The topological polar surface area (TPSA) is 90.1 Å². The summed E-state index contributed by atoms with van der Waals surface area (Å²) in [7, 11) is 0. The largest absolute Gasteiger partial charge is 0.489 e. The van der Waals surface area contributed by atoms with Crippen molar-refractivity contribution in [1.29, 1.82) is 0 Å². The van der Waals surface area contributed by atoms with E-state index in [-0.39, 0.29) is 5.69 Å². The molecule has 0 atom stereocenters. The summed E-state index contributed by atoms with van der Waals surface area (Å²) in [4.78, 5) is 11.2. The van der Waals surface area contributed by atoms with Crippen molar-refractivity contribution in [3.05, 3.63) is 65.9 Å². The zero-order valence-corrected chi connectivity index (χ0v) is 12.9. The van der Waals surface area contributed by atoms with E-state index in [1.165, 1.54) is 0 Å². The lowest BCUT2D eigenvalue weighted by Gasteiger charge is -2.08. The highest BCUT2D eigenvalue weighted by Gasteiger charge is 2.13. The predicted molar refractivity (Wildman–Crippen MR) is 88.9 cm³/mol. The number of hydrogen-bond acceptors (Lipinski definition) is 6.